The van der Waals surface area contributed by atoms with Crippen LogP contribution in [0.3, 0.4) is 0 Å². The number of carbonyl (C=O) groups is 13. The summed E-state index contributed by atoms with van der Waals surface area (Å²) in [4.78, 5) is 164. The number of carbonyl (C=O) groups excluding carboxylic acids is 10. The van der Waals surface area contributed by atoms with Gasteiger partial charge in [0.15, 0.2) is 0 Å². The summed E-state index contributed by atoms with van der Waals surface area (Å²) in [6, 6.07) is -14.8. The third kappa shape index (κ3) is 23.6. The zero-order chi connectivity index (χ0) is 50.8. The number of aliphatic hydroxyl groups excluding tert-OH is 1. The van der Waals surface area contributed by atoms with Crippen molar-refractivity contribution in [3.8, 4) is 0 Å². The first-order valence-electron chi connectivity index (χ1n) is 19.8. The predicted octanol–water partition coefficient (Wildman–Crippen LogP) is -7.09. The Bertz CT molecular complexity index is 1790. The third-order valence-corrected chi connectivity index (χ3v) is 10.1. The molecular formula is C36H59N11O17S2. The summed E-state index contributed by atoms with van der Waals surface area (Å²) in [7, 11) is 0. The minimum atomic E-state index is -1.95. The van der Waals surface area contributed by atoms with Gasteiger partial charge in [-0.2, -0.15) is 23.5 Å². The van der Waals surface area contributed by atoms with Crippen LogP contribution in [0.2, 0.25) is 0 Å². The second-order valence-corrected chi connectivity index (χ2v) is 16.4. The van der Waals surface area contributed by atoms with Crippen LogP contribution in [0.25, 0.3) is 0 Å². The summed E-state index contributed by atoms with van der Waals surface area (Å²) in [5.41, 5.74) is 16.0. The number of hydrogen-bond acceptors (Lipinski definition) is 17. The molecule has 0 bridgehead atoms. The first-order valence-corrected chi connectivity index (χ1v) is 22.6. The summed E-state index contributed by atoms with van der Waals surface area (Å²) in [6.07, 6.45) is -1.27. The molecule has 372 valence electrons. The van der Waals surface area contributed by atoms with Crippen LogP contribution < -0.4 is 59.7 Å². The Kier molecular flexibility index (Phi) is 27.9. The molecule has 0 aliphatic rings. The molecule has 18 N–H and O–H groups in total. The third-order valence-electron chi connectivity index (χ3n) is 8.82. The molecule has 30 heteroatoms. The highest BCUT2D eigenvalue weighted by Gasteiger charge is 2.35. The Morgan fingerprint density at radius 1 is 0.455 bits per heavy atom. The first-order chi connectivity index (χ1) is 30.8. The molecule has 0 aliphatic carbocycles. The van der Waals surface area contributed by atoms with Crippen molar-refractivity contribution in [3.05, 3.63) is 0 Å². The van der Waals surface area contributed by atoms with Crippen molar-refractivity contribution in [2.45, 2.75) is 113 Å². The van der Waals surface area contributed by atoms with Crippen molar-refractivity contribution in [2.24, 2.45) is 17.2 Å². The largest absolute Gasteiger partial charge is 0.481 e. The maximum Gasteiger partial charge on any atom is 0.326 e. The second-order valence-electron chi connectivity index (χ2n) is 14.4. The van der Waals surface area contributed by atoms with Gasteiger partial charge in [0.2, 0.25) is 59.1 Å². The zero-order valence-electron chi connectivity index (χ0n) is 36.4. The molecule has 28 nitrogen and oxygen atoms in total. The van der Waals surface area contributed by atoms with Crippen LogP contribution in [0.1, 0.15) is 58.8 Å². The average molecular weight is 982 g/mol. The fourth-order valence-corrected chi connectivity index (χ4v) is 6.22. The van der Waals surface area contributed by atoms with Crippen LogP contribution >= 0.6 is 23.5 Å². The van der Waals surface area contributed by atoms with Gasteiger partial charge in [-0.05, 0) is 57.1 Å². The van der Waals surface area contributed by atoms with E-state index in [0.29, 0.717) is 5.75 Å². The van der Waals surface area contributed by atoms with E-state index in [1.807, 2.05) is 0 Å². The number of thioether (sulfide) groups is 2. The molecule has 66 heavy (non-hydrogen) atoms. The molecule has 0 spiro atoms. The van der Waals surface area contributed by atoms with E-state index in [2.05, 4.69) is 42.5 Å². The molecule has 0 unspecified atom stereocenters. The van der Waals surface area contributed by atoms with Gasteiger partial charge in [0.1, 0.15) is 48.3 Å². The van der Waals surface area contributed by atoms with Crippen LogP contribution in [0.5, 0.6) is 0 Å². The number of aliphatic hydroxyl groups is 1. The topological polar surface area (TPSA) is 477 Å². The van der Waals surface area contributed by atoms with Crippen LogP contribution in [-0.2, 0) is 62.3 Å². The molecular weight excluding hydrogens is 923 g/mol. The highest BCUT2D eigenvalue weighted by atomic mass is 32.2. The molecule has 0 rings (SSSR count). The summed E-state index contributed by atoms with van der Waals surface area (Å²) in [5, 5.41) is 55.2. The lowest BCUT2D eigenvalue weighted by Gasteiger charge is -2.27. The molecule has 0 aromatic heterocycles. The van der Waals surface area contributed by atoms with Crippen LogP contribution in [0.4, 0.5) is 0 Å². The second kappa shape index (κ2) is 30.8. The zero-order valence-corrected chi connectivity index (χ0v) is 38.0. The van der Waals surface area contributed by atoms with Gasteiger partial charge in [-0.25, -0.2) is 4.79 Å². The Labute approximate surface area is 385 Å². The van der Waals surface area contributed by atoms with Crippen molar-refractivity contribution >= 4 is 101 Å². The maximum absolute atomic E-state index is 13.7. The summed E-state index contributed by atoms with van der Waals surface area (Å²) >= 11 is 2.50. The number of primary amides is 2. The van der Waals surface area contributed by atoms with E-state index in [1.54, 1.807) is 12.5 Å². The minimum absolute atomic E-state index is 0.0439. The Balaban J connectivity index is 6.48. The van der Waals surface area contributed by atoms with Gasteiger partial charge >= 0.3 is 17.9 Å². The van der Waals surface area contributed by atoms with Crippen LogP contribution in [0, 0.1) is 0 Å². The number of nitrogens with one attached hydrogen (secondary N) is 8. The predicted molar refractivity (Wildman–Crippen MR) is 232 cm³/mol. The number of carboxylic acids is 3. The monoisotopic (exact) mass is 981 g/mol. The highest BCUT2D eigenvalue weighted by Crippen LogP contribution is 2.08. The SMILES string of the molecule is CSCC[C@H](NC(=O)[C@H](C)NC(=O)[C@H](CC(=O)O)NC(=O)[C@H](CCSC)NC(=O)[C@H](CC(N)=O)NC(=O)[C@H](CCC(=O)O)NC(=O)[C@H](CC(N)=O)NC(=O)[C@H](CO)NC(=O)[C@H](C)N)C(=O)O. The van der Waals surface area contributed by atoms with Gasteiger partial charge in [0.25, 0.3) is 0 Å². The van der Waals surface area contributed by atoms with E-state index in [4.69, 9.17) is 17.2 Å². The van der Waals surface area contributed by atoms with Gasteiger partial charge in [0.05, 0.1) is 31.9 Å². The van der Waals surface area contributed by atoms with Crippen molar-refractivity contribution in [3.63, 3.8) is 0 Å². The molecule has 0 fully saturated rings. The van der Waals surface area contributed by atoms with Gasteiger partial charge in [-0.15, -0.1) is 0 Å². The van der Waals surface area contributed by atoms with Gasteiger partial charge < -0.3 is 80.2 Å². The average Bonchev–Trinajstić information content (AvgIpc) is 3.22. The molecule has 0 aromatic carbocycles. The minimum Gasteiger partial charge on any atom is -0.481 e. The lowest BCUT2D eigenvalue weighted by molar-refractivity contribution is -0.143. The quantitative estimate of drug-likeness (QED) is 0.0290. The van der Waals surface area contributed by atoms with E-state index in [-0.39, 0.29) is 18.6 Å². The molecule has 10 amide bonds. The molecule has 0 radical (unpaired) electrons. The normalized spacial score (nSPS) is 14.9. The highest BCUT2D eigenvalue weighted by molar-refractivity contribution is 7.98. The van der Waals surface area contributed by atoms with E-state index >= 15 is 0 Å². The fraction of sp³-hybridized carbons (Fsp3) is 0.639. The number of carboxylic acid groups (broad SMARTS) is 3. The van der Waals surface area contributed by atoms with E-state index in [0.717, 1.165) is 0 Å². The van der Waals surface area contributed by atoms with Gasteiger partial charge in [0, 0.05) is 6.42 Å². The molecule has 0 saturated heterocycles. The van der Waals surface area contributed by atoms with E-state index in [9.17, 15) is 82.8 Å². The van der Waals surface area contributed by atoms with Crippen molar-refractivity contribution < 1.29 is 82.8 Å². The number of aliphatic carboxylic acids is 3. The molecule has 0 aromatic rings. The summed E-state index contributed by atoms with van der Waals surface area (Å²) in [6.45, 7) is 1.43. The number of hydrogen-bond donors (Lipinski definition) is 15. The standard InChI is InChI=1S/C36H59N11O17S2/c1-15(37)28(55)47-23(14-48)35(62)45-21(12-25(39)50)33(60)41-17(5-6-26(51)52)30(57)44-20(11-24(38)49)34(61)42-18(7-9-65-3)31(58)46-22(13-27(53)54)32(59)40-16(2)29(56)43-19(36(63)64)8-10-66-4/h15-23,48H,5-14,37H2,1-4H3,(H2,38,49)(H2,39,50)(H,40,59)(H,41,60)(H,42,61)(H,43,56)(H,44,57)(H,45,62)(H,46,58)(H,47,55)(H,51,52)(H,53,54)(H,63,64)/t15-,16-,17-,18-,19-,20-,21-,22-,23-/m0/s1. The van der Waals surface area contributed by atoms with Crippen LogP contribution in [-0.4, -0.2) is 182 Å². The lowest BCUT2D eigenvalue weighted by atomic mass is 10.1. The lowest BCUT2D eigenvalue weighted by Crippen LogP contribution is -2.61. The van der Waals surface area contributed by atoms with E-state index < -0.39 is 170 Å². The van der Waals surface area contributed by atoms with Gasteiger partial charge in [-0.1, -0.05) is 0 Å². The molecule has 9 atom stereocenters. The van der Waals surface area contributed by atoms with Crippen molar-refractivity contribution in [2.75, 3.05) is 30.6 Å². The molecule has 0 saturated carbocycles. The Hall–Kier alpha value is -6.27. The number of rotatable bonds is 33. The Morgan fingerprint density at radius 2 is 0.803 bits per heavy atom. The molecule has 0 heterocycles. The van der Waals surface area contributed by atoms with Crippen LogP contribution in [0.15, 0.2) is 0 Å². The summed E-state index contributed by atoms with van der Waals surface area (Å²) in [5.74, 6) is -15.5. The summed E-state index contributed by atoms with van der Waals surface area (Å²) < 4.78 is 0. The maximum atomic E-state index is 13.7. The Morgan fingerprint density at radius 3 is 1.18 bits per heavy atom. The van der Waals surface area contributed by atoms with Crippen molar-refractivity contribution in [1.82, 2.24) is 42.5 Å². The molecule has 0 aliphatic heterocycles. The fourth-order valence-electron chi connectivity index (χ4n) is 5.27. The van der Waals surface area contributed by atoms with Crippen molar-refractivity contribution in [1.29, 1.82) is 0 Å². The smallest absolute Gasteiger partial charge is 0.326 e. The number of amides is 10. The first kappa shape index (κ1) is 59.7. The van der Waals surface area contributed by atoms with E-state index in [1.165, 1.54) is 37.4 Å². The number of nitrogens with two attached hydrogens (primary N) is 3. The van der Waals surface area contributed by atoms with Gasteiger partial charge in [-0.3, -0.25) is 57.5 Å².